The summed E-state index contributed by atoms with van der Waals surface area (Å²) in [6.45, 7) is 4.67. The van der Waals surface area contributed by atoms with Crippen LogP contribution in [0.15, 0.2) is 12.1 Å². The highest BCUT2D eigenvalue weighted by atomic mass is 19.4. The van der Waals surface area contributed by atoms with Crippen LogP contribution in [0.5, 0.6) is 0 Å². The van der Waals surface area contributed by atoms with Gasteiger partial charge in [0, 0.05) is 23.6 Å². The lowest BCUT2D eigenvalue weighted by molar-refractivity contribution is -0.142. The van der Waals surface area contributed by atoms with Crippen LogP contribution in [0.1, 0.15) is 48.3 Å². The molecule has 0 fully saturated rings. The van der Waals surface area contributed by atoms with Crippen molar-refractivity contribution >= 4 is 16.9 Å². The monoisotopic (exact) mass is 343 g/mol. The number of aliphatic hydroxyl groups is 1. The second-order valence-corrected chi connectivity index (χ2v) is 5.93. The molecule has 7 heteroatoms. The Kier molecular flexibility index (Phi) is 4.68. The zero-order valence-corrected chi connectivity index (χ0v) is 14.2. The number of rotatable bonds is 3. The molecule has 2 unspecified atom stereocenters. The van der Waals surface area contributed by atoms with Crippen molar-refractivity contribution in [2.45, 2.75) is 39.0 Å². The number of aromatic nitrogens is 1. The lowest BCUT2D eigenvalue weighted by Crippen LogP contribution is -2.12. The molecule has 2 atom stereocenters. The highest BCUT2D eigenvalue weighted by Crippen LogP contribution is 2.40. The van der Waals surface area contributed by atoms with Gasteiger partial charge < -0.3 is 14.4 Å². The second kappa shape index (κ2) is 6.12. The number of halogens is 3. The highest BCUT2D eigenvalue weighted by Gasteiger charge is 2.36. The van der Waals surface area contributed by atoms with Gasteiger partial charge in [0.25, 0.3) is 0 Å². The summed E-state index contributed by atoms with van der Waals surface area (Å²) in [6, 6.07) is 2.35. The summed E-state index contributed by atoms with van der Waals surface area (Å²) in [7, 11) is 2.91. The van der Waals surface area contributed by atoms with Gasteiger partial charge in [0.2, 0.25) is 0 Å². The molecule has 1 N–H and O–H groups in total. The Balaban J connectivity index is 2.87. The van der Waals surface area contributed by atoms with E-state index in [1.165, 1.54) is 20.1 Å². The number of nitrogens with zero attached hydrogens (tertiary/aromatic N) is 1. The minimum absolute atomic E-state index is 0.209. The Morgan fingerprint density at radius 1 is 1.29 bits per heavy atom. The van der Waals surface area contributed by atoms with E-state index in [1.807, 2.05) is 0 Å². The largest absolute Gasteiger partial charge is 0.469 e. The van der Waals surface area contributed by atoms with Gasteiger partial charge in [-0.2, -0.15) is 13.2 Å². The van der Waals surface area contributed by atoms with Crippen molar-refractivity contribution in [1.29, 1.82) is 0 Å². The average Bonchev–Trinajstić information content (AvgIpc) is 2.75. The molecular weight excluding hydrogens is 323 g/mol. The maximum absolute atomic E-state index is 13.3. The van der Waals surface area contributed by atoms with Crippen LogP contribution >= 0.6 is 0 Å². The van der Waals surface area contributed by atoms with E-state index in [4.69, 9.17) is 4.74 Å². The molecule has 1 aromatic carbocycles. The van der Waals surface area contributed by atoms with Gasteiger partial charge in [-0.15, -0.1) is 0 Å². The molecule has 1 aromatic heterocycles. The lowest BCUT2D eigenvalue weighted by Gasteiger charge is -2.16. The number of carbonyl (C=O) groups is 1. The van der Waals surface area contributed by atoms with Crippen LogP contribution in [0.3, 0.4) is 0 Å². The zero-order chi connectivity index (χ0) is 18.4. The molecule has 4 nitrogen and oxygen atoms in total. The van der Waals surface area contributed by atoms with Crippen LogP contribution in [0.2, 0.25) is 0 Å². The minimum Gasteiger partial charge on any atom is -0.469 e. The summed E-state index contributed by atoms with van der Waals surface area (Å²) >= 11 is 0. The van der Waals surface area contributed by atoms with Crippen molar-refractivity contribution in [2.75, 3.05) is 7.11 Å². The Morgan fingerprint density at radius 2 is 1.88 bits per heavy atom. The third-order valence-corrected chi connectivity index (χ3v) is 4.46. The Bertz CT molecular complexity index is 791. The third kappa shape index (κ3) is 2.88. The highest BCUT2D eigenvalue weighted by molar-refractivity contribution is 5.92. The Hall–Kier alpha value is -2.02. The number of benzene rings is 1. The summed E-state index contributed by atoms with van der Waals surface area (Å²) in [6.07, 6.45) is -5.86. The quantitative estimate of drug-likeness (QED) is 0.862. The molecule has 132 valence electrons. The second-order valence-electron chi connectivity index (χ2n) is 5.93. The van der Waals surface area contributed by atoms with Crippen molar-refractivity contribution in [3.8, 4) is 0 Å². The smallest absolute Gasteiger partial charge is 0.416 e. The van der Waals surface area contributed by atoms with Gasteiger partial charge in [-0.3, -0.25) is 4.79 Å². The molecule has 2 aromatic rings. The first-order chi connectivity index (χ1) is 11.0. The fourth-order valence-corrected chi connectivity index (χ4v) is 3.09. The number of esters is 1. The van der Waals surface area contributed by atoms with Gasteiger partial charge in [-0.1, -0.05) is 0 Å². The fourth-order valence-electron chi connectivity index (χ4n) is 3.09. The molecule has 0 amide bonds. The van der Waals surface area contributed by atoms with E-state index < -0.39 is 29.7 Å². The van der Waals surface area contributed by atoms with E-state index in [2.05, 4.69) is 0 Å². The van der Waals surface area contributed by atoms with Crippen LogP contribution in [0.25, 0.3) is 10.9 Å². The van der Waals surface area contributed by atoms with Gasteiger partial charge in [0.1, 0.15) is 0 Å². The first-order valence-corrected chi connectivity index (χ1v) is 7.46. The van der Waals surface area contributed by atoms with Crippen molar-refractivity contribution in [2.24, 2.45) is 7.05 Å². The van der Waals surface area contributed by atoms with Gasteiger partial charge in [-0.05, 0) is 44.0 Å². The SMILES string of the molecule is COC(=O)C(C)c1c(C)n(C)c2cc(C(F)(F)F)c(C(C)O)cc12. The molecule has 0 aliphatic heterocycles. The first-order valence-electron chi connectivity index (χ1n) is 7.46. The van der Waals surface area contributed by atoms with E-state index in [1.54, 1.807) is 25.5 Å². The maximum Gasteiger partial charge on any atom is 0.416 e. The molecule has 0 spiro atoms. The van der Waals surface area contributed by atoms with Crippen LogP contribution in [-0.2, 0) is 22.8 Å². The molecular formula is C17H20F3NO3. The van der Waals surface area contributed by atoms with E-state index in [0.29, 0.717) is 22.2 Å². The topological polar surface area (TPSA) is 51.5 Å². The predicted molar refractivity (Wildman–Crippen MR) is 83.7 cm³/mol. The van der Waals surface area contributed by atoms with E-state index >= 15 is 0 Å². The first kappa shape index (κ1) is 18.3. The van der Waals surface area contributed by atoms with Crippen molar-refractivity contribution < 1.29 is 27.8 Å². The molecule has 0 saturated carbocycles. The summed E-state index contributed by atoms with van der Waals surface area (Å²) < 4.78 is 46.3. The van der Waals surface area contributed by atoms with Crippen LogP contribution < -0.4 is 0 Å². The van der Waals surface area contributed by atoms with Gasteiger partial charge >= 0.3 is 12.1 Å². The number of fused-ring (bicyclic) bond motifs is 1. The van der Waals surface area contributed by atoms with Crippen molar-refractivity contribution in [3.05, 3.63) is 34.5 Å². The van der Waals surface area contributed by atoms with Gasteiger partial charge in [0.15, 0.2) is 0 Å². The standard InChI is InChI=1S/C17H20F3NO3/c1-8(16(23)24-5)15-9(2)21(4)14-7-13(17(18,19)20)11(10(3)22)6-12(14)15/h6-8,10,22H,1-5H3. The van der Waals surface area contributed by atoms with E-state index in [-0.39, 0.29) is 5.56 Å². The number of carbonyl (C=O) groups excluding carboxylic acids is 1. The number of ether oxygens (including phenoxy) is 1. The van der Waals surface area contributed by atoms with Crippen molar-refractivity contribution in [3.63, 3.8) is 0 Å². The van der Waals surface area contributed by atoms with Gasteiger partial charge in [0.05, 0.1) is 24.7 Å². The normalized spacial score (nSPS) is 14.7. The number of hydrogen-bond donors (Lipinski definition) is 1. The number of alkyl halides is 3. The summed E-state index contributed by atoms with van der Waals surface area (Å²) in [5, 5.41) is 10.3. The summed E-state index contributed by atoms with van der Waals surface area (Å²) in [5.74, 6) is -1.10. The van der Waals surface area contributed by atoms with Gasteiger partial charge in [-0.25, -0.2) is 0 Å². The number of aliphatic hydroxyl groups excluding tert-OH is 1. The minimum atomic E-state index is -4.58. The summed E-state index contributed by atoms with van der Waals surface area (Å²) in [4.78, 5) is 11.9. The molecule has 2 rings (SSSR count). The average molecular weight is 343 g/mol. The molecule has 0 bridgehead atoms. The fraction of sp³-hybridized carbons (Fsp3) is 0.471. The molecule has 0 aliphatic carbocycles. The molecule has 1 heterocycles. The zero-order valence-electron chi connectivity index (χ0n) is 14.2. The molecule has 0 saturated heterocycles. The van der Waals surface area contributed by atoms with E-state index in [0.717, 1.165) is 6.07 Å². The lowest BCUT2D eigenvalue weighted by atomic mass is 9.94. The molecule has 24 heavy (non-hydrogen) atoms. The van der Waals surface area contributed by atoms with Crippen molar-refractivity contribution in [1.82, 2.24) is 4.57 Å². The molecule has 0 radical (unpaired) electrons. The number of hydrogen-bond acceptors (Lipinski definition) is 3. The predicted octanol–water partition coefficient (Wildman–Crippen LogP) is 3.84. The third-order valence-electron chi connectivity index (χ3n) is 4.46. The number of methoxy groups -OCH3 is 1. The van der Waals surface area contributed by atoms with Crippen LogP contribution in [-0.4, -0.2) is 22.8 Å². The van der Waals surface area contributed by atoms with Crippen LogP contribution in [0, 0.1) is 6.92 Å². The maximum atomic E-state index is 13.3. The Morgan fingerprint density at radius 3 is 2.33 bits per heavy atom. The molecule has 0 aliphatic rings. The van der Waals surface area contributed by atoms with E-state index in [9.17, 15) is 23.1 Å². The number of aryl methyl sites for hydroxylation is 1. The Labute approximate surface area is 137 Å². The summed E-state index contributed by atoms with van der Waals surface area (Å²) in [5.41, 5.74) is 0.561. The van der Waals surface area contributed by atoms with Crippen LogP contribution in [0.4, 0.5) is 13.2 Å².